The molecule has 0 aliphatic heterocycles. The van der Waals surface area contributed by atoms with E-state index in [1.54, 1.807) is 24.3 Å². The van der Waals surface area contributed by atoms with Crippen molar-refractivity contribution in [2.45, 2.75) is 0 Å². The van der Waals surface area contributed by atoms with Crippen molar-refractivity contribution in [1.29, 1.82) is 5.26 Å². The van der Waals surface area contributed by atoms with Gasteiger partial charge in [0.05, 0.1) is 11.6 Å². The molecule has 16 heavy (non-hydrogen) atoms. The minimum atomic E-state index is 0.354. The summed E-state index contributed by atoms with van der Waals surface area (Å²) in [4.78, 5) is 3.87. The Morgan fingerprint density at radius 3 is 2.00 bits per heavy atom. The Morgan fingerprint density at radius 2 is 1.50 bits per heavy atom. The first-order chi connectivity index (χ1) is 7.69. The highest BCUT2D eigenvalue weighted by atomic mass is 35.5. The Hall–Kier alpha value is -1.56. The zero-order chi connectivity index (χ0) is 11.5. The van der Waals surface area contributed by atoms with Gasteiger partial charge in [-0.1, -0.05) is 35.3 Å². The Balaban J connectivity index is 2.47. The normalized spacial score (nSPS) is 9.81. The molecular formula is C12H6Cl2N2. The van der Waals surface area contributed by atoms with E-state index in [2.05, 4.69) is 11.1 Å². The van der Waals surface area contributed by atoms with Crippen LogP contribution in [-0.2, 0) is 0 Å². The van der Waals surface area contributed by atoms with Gasteiger partial charge in [-0.25, -0.2) is 4.98 Å². The number of rotatable bonds is 1. The summed E-state index contributed by atoms with van der Waals surface area (Å²) in [6, 6.07) is 12.7. The molecule has 1 aromatic carbocycles. The van der Waals surface area contributed by atoms with Crippen molar-refractivity contribution < 1.29 is 0 Å². The van der Waals surface area contributed by atoms with Gasteiger partial charge in [0.15, 0.2) is 0 Å². The molecule has 0 bridgehead atoms. The number of halogens is 2. The number of nitriles is 1. The van der Waals surface area contributed by atoms with Crippen LogP contribution in [0.4, 0.5) is 0 Å². The third-order valence-electron chi connectivity index (χ3n) is 2.11. The highest BCUT2D eigenvalue weighted by molar-refractivity contribution is 6.32. The van der Waals surface area contributed by atoms with Gasteiger partial charge in [0, 0.05) is 0 Å². The van der Waals surface area contributed by atoms with Crippen LogP contribution < -0.4 is 0 Å². The molecule has 0 aliphatic carbocycles. The Bertz CT molecular complexity index is 536. The summed E-state index contributed by atoms with van der Waals surface area (Å²) in [6.45, 7) is 0. The molecule has 0 N–H and O–H groups in total. The van der Waals surface area contributed by atoms with Crippen LogP contribution in [0.15, 0.2) is 36.4 Å². The van der Waals surface area contributed by atoms with Gasteiger partial charge in [-0.3, -0.25) is 0 Å². The SMILES string of the molecule is N#Cc1ccc(-c2cc(Cl)nc(Cl)c2)cc1. The third-order valence-corrected chi connectivity index (χ3v) is 2.50. The van der Waals surface area contributed by atoms with Gasteiger partial charge >= 0.3 is 0 Å². The van der Waals surface area contributed by atoms with E-state index in [-0.39, 0.29) is 0 Å². The quantitative estimate of drug-likeness (QED) is 0.718. The minimum Gasteiger partial charge on any atom is -0.224 e. The predicted molar refractivity (Wildman–Crippen MR) is 64.4 cm³/mol. The molecule has 0 fully saturated rings. The first-order valence-corrected chi connectivity index (χ1v) is 5.28. The molecule has 78 valence electrons. The summed E-state index contributed by atoms with van der Waals surface area (Å²) in [7, 11) is 0. The summed E-state index contributed by atoms with van der Waals surface area (Å²) >= 11 is 11.6. The van der Waals surface area contributed by atoms with Crippen LogP contribution in [0.25, 0.3) is 11.1 Å². The van der Waals surface area contributed by atoms with E-state index in [9.17, 15) is 0 Å². The number of pyridine rings is 1. The Labute approximate surface area is 103 Å². The molecule has 2 nitrogen and oxygen atoms in total. The van der Waals surface area contributed by atoms with Crippen LogP contribution in [-0.4, -0.2) is 4.98 Å². The smallest absolute Gasteiger partial charge is 0.131 e. The average molecular weight is 249 g/mol. The van der Waals surface area contributed by atoms with Gasteiger partial charge in [-0.05, 0) is 35.4 Å². The van der Waals surface area contributed by atoms with Crippen molar-refractivity contribution >= 4 is 23.2 Å². The maximum absolute atomic E-state index is 8.69. The molecule has 0 amide bonds. The number of hydrogen-bond acceptors (Lipinski definition) is 2. The fourth-order valence-electron chi connectivity index (χ4n) is 1.37. The largest absolute Gasteiger partial charge is 0.224 e. The van der Waals surface area contributed by atoms with Crippen LogP contribution >= 0.6 is 23.2 Å². The highest BCUT2D eigenvalue weighted by Crippen LogP contribution is 2.24. The summed E-state index contributed by atoms with van der Waals surface area (Å²) in [5, 5.41) is 9.39. The van der Waals surface area contributed by atoms with E-state index in [0.29, 0.717) is 15.9 Å². The van der Waals surface area contributed by atoms with Crippen molar-refractivity contribution in [3.8, 4) is 17.2 Å². The molecule has 4 heteroatoms. The summed E-state index contributed by atoms with van der Waals surface area (Å²) in [5.74, 6) is 0. The standard InChI is InChI=1S/C12H6Cl2N2/c13-11-5-10(6-12(14)16-11)9-3-1-8(7-15)2-4-9/h1-6H. The van der Waals surface area contributed by atoms with Gasteiger partial charge in [-0.15, -0.1) is 0 Å². The average Bonchev–Trinajstić information content (AvgIpc) is 2.28. The van der Waals surface area contributed by atoms with Crippen LogP contribution in [0, 0.1) is 11.3 Å². The van der Waals surface area contributed by atoms with Crippen molar-refractivity contribution in [1.82, 2.24) is 4.98 Å². The molecule has 1 aromatic heterocycles. The summed E-state index contributed by atoms with van der Waals surface area (Å²) in [5.41, 5.74) is 2.45. The van der Waals surface area contributed by atoms with Crippen molar-refractivity contribution in [3.05, 3.63) is 52.3 Å². The Kier molecular flexibility index (Phi) is 3.09. The lowest BCUT2D eigenvalue weighted by molar-refractivity contribution is 1.33. The van der Waals surface area contributed by atoms with Crippen molar-refractivity contribution in [3.63, 3.8) is 0 Å². The third kappa shape index (κ3) is 2.33. The van der Waals surface area contributed by atoms with Crippen molar-refractivity contribution in [2.24, 2.45) is 0 Å². The number of hydrogen-bond donors (Lipinski definition) is 0. The second kappa shape index (κ2) is 4.52. The molecule has 0 saturated carbocycles. The van der Waals surface area contributed by atoms with Crippen molar-refractivity contribution in [2.75, 3.05) is 0 Å². The lowest BCUT2D eigenvalue weighted by Crippen LogP contribution is -1.82. The fourth-order valence-corrected chi connectivity index (χ4v) is 1.83. The van der Waals surface area contributed by atoms with E-state index in [1.165, 1.54) is 0 Å². The van der Waals surface area contributed by atoms with Gasteiger partial charge in [-0.2, -0.15) is 5.26 Å². The molecule has 0 unspecified atom stereocenters. The molecule has 0 radical (unpaired) electrons. The molecule has 1 heterocycles. The summed E-state index contributed by atoms with van der Waals surface area (Å²) < 4.78 is 0. The molecule has 2 aromatic rings. The second-order valence-electron chi connectivity index (χ2n) is 3.19. The topological polar surface area (TPSA) is 36.7 Å². The zero-order valence-corrected chi connectivity index (χ0v) is 9.63. The lowest BCUT2D eigenvalue weighted by atomic mass is 10.1. The minimum absolute atomic E-state index is 0.354. The van der Waals surface area contributed by atoms with Crippen LogP contribution in [0.5, 0.6) is 0 Å². The monoisotopic (exact) mass is 248 g/mol. The van der Waals surface area contributed by atoms with Crippen LogP contribution in [0.3, 0.4) is 0 Å². The van der Waals surface area contributed by atoms with Gasteiger partial charge in [0.1, 0.15) is 10.3 Å². The number of nitrogens with zero attached hydrogens (tertiary/aromatic N) is 2. The Morgan fingerprint density at radius 1 is 0.938 bits per heavy atom. The van der Waals surface area contributed by atoms with Gasteiger partial charge in [0.25, 0.3) is 0 Å². The fraction of sp³-hybridized carbons (Fsp3) is 0. The molecule has 0 spiro atoms. The van der Waals surface area contributed by atoms with Crippen LogP contribution in [0.2, 0.25) is 10.3 Å². The maximum atomic E-state index is 8.69. The lowest BCUT2D eigenvalue weighted by Gasteiger charge is -2.02. The van der Waals surface area contributed by atoms with E-state index < -0.39 is 0 Å². The first kappa shape index (κ1) is 10.9. The molecule has 0 saturated heterocycles. The van der Waals surface area contributed by atoms with E-state index in [0.717, 1.165) is 11.1 Å². The molecule has 2 rings (SSSR count). The van der Waals surface area contributed by atoms with Gasteiger partial charge in [0.2, 0.25) is 0 Å². The predicted octanol–water partition coefficient (Wildman–Crippen LogP) is 3.93. The first-order valence-electron chi connectivity index (χ1n) is 4.52. The zero-order valence-electron chi connectivity index (χ0n) is 8.11. The number of benzene rings is 1. The maximum Gasteiger partial charge on any atom is 0.131 e. The molecular weight excluding hydrogens is 243 g/mol. The van der Waals surface area contributed by atoms with E-state index >= 15 is 0 Å². The van der Waals surface area contributed by atoms with E-state index in [4.69, 9.17) is 28.5 Å². The van der Waals surface area contributed by atoms with Gasteiger partial charge < -0.3 is 0 Å². The highest BCUT2D eigenvalue weighted by Gasteiger charge is 2.02. The van der Waals surface area contributed by atoms with E-state index in [1.807, 2.05) is 12.1 Å². The summed E-state index contributed by atoms with van der Waals surface area (Å²) in [6.07, 6.45) is 0. The second-order valence-corrected chi connectivity index (χ2v) is 3.96. The molecule has 0 aliphatic rings. The molecule has 0 atom stereocenters. The number of aromatic nitrogens is 1. The van der Waals surface area contributed by atoms with Crippen LogP contribution in [0.1, 0.15) is 5.56 Å².